The molecular weight excluding hydrogens is 604 g/mol. The first-order chi connectivity index (χ1) is 23.0. The number of anilines is 1. The van der Waals surface area contributed by atoms with E-state index in [0.29, 0.717) is 13.0 Å². The first-order valence-electron chi connectivity index (χ1n) is 18.8. The molecule has 0 aromatic heterocycles. The predicted octanol–water partition coefficient (Wildman–Crippen LogP) is 9.96. The summed E-state index contributed by atoms with van der Waals surface area (Å²) in [5.74, 6) is 0.0642. The second-order valence-corrected chi connectivity index (χ2v) is 18.7. The van der Waals surface area contributed by atoms with Crippen LogP contribution in [0.1, 0.15) is 117 Å². The highest BCUT2D eigenvalue weighted by molar-refractivity contribution is 5.90. The number of nitriles is 1. The molecule has 2 unspecified atom stereocenters. The molecule has 2 N–H and O–H groups in total. The van der Waals surface area contributed by atoms with Crippen LogP contribution >= 0.6 is 0 Å². The molecule has 8 atom stereocenters. The fourth-order valence-corrected chi connectivity index (χ4v) is 12.7. The number of carbonyl (C=O) groups is 2. The quantitative estimate of drug-likeness (QED) is 0.260. The van der Waals surface area contributed by atoms with Crippen molar-refractivity contribution in [2.24, 2.45) is 56.2 Å². The SMILES string of the molecule is CC1(C)CC[C@]2(C(=O)OCc3ccccc3)CC[C@]3(C)C(=C(c4cccc(N)c4)CC4[C@@]5(C)CC(C#N)C(=O)C(C)(C)[C@@H]5CC[C@]43C)[C@@H]2C1. The molecule has 0 saturated heterocycles. The summed E-state index contributed by atoms with van der Waals surface area (Å²) in [6, 6.07) is 20.9. The van der Waals surface area contributed by atoms with Gasteiger partial charge in [0, 0.05) is 11.1 Å². The molecule has 0 aliphatic heterocycles. The van der Waals surface area contributed by atoms with Crippen molar-refractivity contribution >= 4 is 23.0 Å². The number of ether oxygens (including phenoxy) is 1. The molecule has 0 heterocycles. The maximum Gasteiger partial charge on any atom is 0.313 e. The molecule has 5 aliphatic carbocycles. The van der Waals surface area contributed by atoms with Gasteiger partial charge >= 0.3 is 5.97 Å². The van der Waals surface area contributed by atoms with E-state index in [2.05, 4.69) is 72.7 Å². The number of hydrogen-bond acceptors (Lipinski definition) is 5. The number of nitrogens with two attached hydrogens (primary N) is 1. The number of allylic oxidation sites excluding steroid dienone is 2. The van der Waals surface area contributed by atoms with Gasteiger partial charge in [0.15, 0.2) is 5.78 Å². The lowest BCUT2D eigenvalue weighted by molar-refractivity contribution is -0.193. The first kappa shape index (κ1) is 34.1. The monoisotopic (exact) mass is 660 g/mol. The van der Waals surface area contributed by atoms with Crippen molar-refractivity contribution in [3.63, 3.8) is 0 Å². The van der Waals surface area contributed by atoms with Crippen molar-refractivity contribution < 1.29 is 14.3 Å². The fraction of sp³-hybridized carbons (Fsp3) is 0.614. The number of Topliss-reactive ketones (excluding diaryl/α,β-unsaturated/α-hetero) is 1. The molecule has 5 aliphatic rings. The van der Waals surface area contributed by atoms with Crippen molar-refractivity contribution in [1.29, 1.82) is 5.26 Å². The predicted molar refractivity (Wildman–Crippen MR) is 194 cm³/mol. The van der Waals surface area contributed by atoms with Gasteiger partial charge in [-0.1, -0.05) is 96.5 Å². The first-order valence-corrected chi connectivity index (χ1v) is 18.8. The second-order valence-electron chi connectivity index (χ2n) is 18.7. The minimum Gasteiger partial charge on any atom is -0.460 e. The summed E-state index contributed by atoms with van der Waals surface area (Å²) >= 11 is 0. The molecule has 260 valence electrons. The second kappa shape index (κ2) is 11.3. The highest BCUT2D eigenvalue weighted by atomic mass is 16.5. The maximum absolute atomic E-state index is 14.7. The Morgan fingerprint density at radius 1 is 0.898 bits per heavy atom. The molecule has 2 aromatic carbocycles. The van der Waals surface area contributed by atoms with E-state index in [0.717, 1.165) is 68.2 Å². The van der Waals surface area contributed by atoms with Gasteiger partial charge in [0.1, 0.15) is 12.5 Å². The molecule has 2 aromatic rings. The van der Waals surface area contributed by atoms with Gasteiger partial charge in [-0.2, -0.15) is 5.26 Å². The van der Waals surface area contributed by atoms with Crippen LogP contribution in [-0.4, -0.2) is 11.8 Å². The van der Waals surface area contributed by atoms with Gasteiger partial charge in [0.25, 0.3) is 0 Å². The van der Waals surface area contributed by atoms with Crippen molar-refractivity contribution in [2.75, 3.05) is 5.73 Å². The van der Waals surface area contributed by atoms with Gasteiger partial charge in [-0.3, -0.25) is 9.59 Å². The molecule has 0 amide bonds. The van der Waals surface area contributed by atoms with Crippen LogP contribution in [-0.2, 0) is 20.9 Å². The van der Waals surface area contributed by atoms with Crippen molar-refractivity contribution in [3.05, 3.63) is 71.3 Å². The normalized spacial score (nSPS) is 39.0. The van der Waals surface area contributed by atoms with Gasteiger partial charge in [-0.25, -0.2) is 0 Å². The summed E-state index contributed by atoms with van der Waals surface area (Å²) in [5.41, 5.74) is 10.8. The number of nitrogens with zero attached hydrogens (tertiary/aromatic N) is 1. The van der Waals surface area contributed by atoms with Gasteiger partial charge in [0.05, 0.1) is 11.5 Å². The third kappa shape index (κ3) is 4.90. The summed E-state index contributed by atoms with van der Waals surface area (Å²) in [5, 5.41) is 10.3. The Bertz CT molecular complexity index is 1750. The number of hydrogen-bond donors (Lipinski definition) is 1. The van der Waals surface area contributed by atoms with E-state index in [1.807, 2.05) is 36.4 Å². The zero-order valence-electron chi connectivity index (χ0n) is 30.8. The lowest BCUT2D eigenvalue weighted by atomic mass is 9.32. The van der Waals surface area contributed by atoms with E-state index < -0.39 is 16.7 Å². The number of rotatable bonds is 4. The molecule has 0 radical (unpaired) electrons. The summed E-state index contributed by atoms with van der Waals surface area (Å²) < 4.78 is 6.30. The van der Waals surface area contributed by atoms with E-state index in [4.69, 9.17) is 10.5 Å². The number of carbonyl (C=O) groups excluding carboxylic acids is 2. The molecule has 4 fully saturated rings. The standard InChI is InChI=1S/C44H56N2O3/c1-39(2)18-20-44(38(48)49-27-28-12-9-8-10-13-28)21-19-43(7)36(33(44)25-39)32(29-14-11-15-31(46)22-29)23-35-41(5)24-30(26-45)37(47)40(3,4)34(41)16-17-42(35,43)6/h8-15,22,30,33-35H,16-21,23-25,27,46H2,1-7H3/t30?,33-,34-,35?,41-,42+,43+,44-/m0/s1. The molecule has 5 heteroatoms. The zero-order valence-corrected chi connectivity index (χ0v) is 30.8. The Labute approximate surface area is 294 Å². The van der Waals surface area contributed by atoms with Crippen LogP contribution < -0.4 is 5.73 Å². The van der Waals surface area contributed by atoms with Crippen molar-refractivity contribution in [3.8, 4) is 6.07 Å². The number of nitrogen functional groups attached to an aromatic ring is 1. The maximum atomic E-state index is 14.7. The molecule has 4 saturated carbocycles. The van der Waals surface area contributed by atoms with Crippen molar-refractivity contribution in [1.82, 2.24) is 0 Å². The van der Waals surface area contributed by atoms with Crippen LogP contribution in [0.15, 0.2) is 60.2 Å². The molecule has 49 heavy (non-hydrogen) atoms. The van der Waals surface area contributed by atoms with Crippen LogP contribution in [0.25, 0.3) is 5.57 Å². The van der Waals surface area contributed by atoms with Gasteiger partial charge < -0.3 is 10.5 Å². The van der Waals surface area contributed by atoms with Gasteiger partial charge in [-0.05, 0) is 126 Å². The molecule has 7 rings (SSSR count). The highest BCUT2D eigenvalue weighted by Crippen LogP contribution is 2.77. The van der Waals surface area contributed by atoms with E-state index in [-0.39, 0.29) is 51.2 Å². The summed E-state index contributed by atoms with van der Waals surface area (Å²) in [6.07, 6.45) is 8.03. The molecule has 5 nitrogen and oxygen atoms in total. The minimum atomic E-state index is -0.579. The van der Waals surface area contributed by atoms with E-state index >= 15 is 0 Å². The van der Waals surface area contributed by atoms with Crippen molar-refractivity contribution in [2.45, 2.75) is 113 Å². The van der Waals surface area contributed by atoms with Crippen LogP contribution in [0.2, 0.25) is 0 Å². The molecule has 0 spiro atoms. The van der Waals surface area contributed by atoms with E-state index in [1.54, 1.807) is 0 Å². The molecular formula is C44H56N2O3. The van der Waals surface area contributed by atoms with Crippen LogP contribution in [0.3, 0.4) is 0 Å². The van der Waals surface area contributed by atoms with Crippen LogP contribution in [0.5, 0.6) is 0 Å². The Morgan fingerprint density at radius 2 is 1.61 bits per heavy atom. The third-order valence-corrected chi connectivity index (χ3v) is 15.5. The van der Waals surface area contributed by atoms with Gasteiger partial charge in [-0.15, -0.1) is 0 Å². The van der Waals surface area contributed by atoms with Gasteiger partial charge in [0.2, 0.25) is 0 Å². The largest absolute Gasteiger partial charge is 0.460 e. The van der Waals surface area contributed by atoms with E-state index in [1.165, 1.54) is 11.1 Å². The third-order valence-electron chi connectivity index (χ3n) is 15.5. The number of esters is 1. The summed E-state index contributed by atoms with van der Waals surface area (Å²) in [7, 11) is 0. The Balaban J connectivity index is 1.42. The Hall–Kier alpha value is -3.39. The summed E-state index contributed by atoms with van der Waals surface area (Å²) in [4.78, 5) is 28.4. The average molecular weight is 661 g/mol. The topological polar surface area (TPSA) is 93.2 Å². The number of fused-ring (bicyclic) bond motifs is 7. The van der Waals surface area contributed by atoms with E-state index in [9.17, 15) is 14.9 Å². The fourth-order valence-electron chi connectivity index (χ4n) is 12.7. The lowest BCUT2D eigenvalue weighted by Gasteiger charge is -2.71. The zero-order chi connectivity index (χ0) is 35.2. The van der Waals surface area contributed by atoms with Crippen LogP contribution in [0.4, 0.5) is 5.69 Å². The Morgan fingerprint density at radius 3 is 2.31 bits per heavy atom. The minimum absolute atomic E-state index is 0.0364. The summed E-state index contributed by atoms with van der Waals surface area (Å²) in [6.45, 7) is 16.7. The smallest absolute Gasteiger partial charge is 0.313 e. The number of ketones is 1. The highest BCUT2D eigenvalue weighted by Gasteiger charge is 2.71. The number of benzene rings is 2. The average Bonchev–Trinajstić information content (AvgIpc) is 3.05. The van der Waals surface area contributed by atoms with Crippen LogP contribution in [0, 0.1) is 67.5 Å². The molecule has 0 bridgehead atoms. The lowest BCUT2D eigenvalue weighted by Crippen LogP contribution is -2.66. The Kier molecular flexibility index (Phi) is 7.87.